The molecule has 0 saturated heterocycles. The standard InChI is InChI=1S/C21H29N3O3/c1-4-26-19-13-12-17(16-20(19)25-3)24-21(22-2)23-14-8-9-15-27-18-10-6-5-7-11-18/h5-7,10-13,16H,4,8-9,14-15H2,1-3H3,(H2,22,23,24). The highest BCUT2D eigenvalue weighted by Gasteiger charge is 2.06. The molecule has 2 aromatic rings. The molecule has 27 heavy (non-hydrogen) atoms. The van der Waals surface area contributed by atoms with E-state index in [4.69, 9.17) is 14.2 Å². The molecular weight excluding hydrogens is 342 g/mol. The minimum absolute atomic E-state index is 0.598. The SMILES string of the molecule is CCOc1ccc(NC(=NC)NCCCCOc2ccccc2)cc1OC. The smallest absolute Gasteiger partial charge is 0.195 e. The van der Waals surface area contributed by atoms with Crippen molar-refractivity contribution in [1.82, 2.24) is 5.32 Å². The predicted molar refractivity (Wildman–Crippen MR) is 110 cm³/mol. The molecule has 0 aliphatic carbocycles. The molecular formula is C21H29N3O3. The normalized spacial score (nSPS) is 11.0. The molecule has 0 spiro atoms. The molecule has 6 nitrogen and oxygen atoms in total. The number of hydrogen-bond acceptors (Lipinski definition) is 4. The molecule has 0 aliphatic heterocycles. The lowest BCUT2D eigenvalue weighted by Crippen LogP contribution is -2.31. The van der Waals surface area contributed by atoms with Crippen molar-refractivity contribution < 1.29 is 14.2 Å². The van der Waals surface area contributed by atoms with Crippen LogP contribution in [0.4, 0.5) is 5.69 Å². The van der Waals surface area contributed by atoms with Crippen molar-refractivity contribution in [3.8, 4) is 17.2 Å². The number of unbranched alkanes of at least 4 members (excludes halogenated alkanes) is 1. The fraction of sp³-hybridized carbons (Fsp3) is 0.381. The highest BCUT2D eigenvalue weighted by Crippen LogP contribution is 2.30. The predicted octanol–water partition coefficient (Wildman–Crippen LogP) is 3.94. The fourth-order valence-corrected chi connectivity index (χ4v) is 2.48. The van der Waals surface area contributed by atoms with Crippen LogP contribution in [0.3, 0.4) is 0 Å². The Balaban J connectivity index is 1.72. The lowest BCUT2D eigenvalue weighted by molar-refractivity contribution is 0.307. The summed E-state index contributed by atoms with van der Waals surface area (Å²) in [5.74, 6) is 3.04. The Morgan fingerprint density at radius 1 is 1.00 bits per heavy atom. The third-order valence-corrected chi connectivity index (χ3v) is 3.83. The van der Waals surface area contributed by atoms with Crippen molar-refractivity contribution >= 4 is 11.6 Å². The molecule has 0 aliphatic rings. The van der Waals surface area contributed by atoms with Crippen LogP contribution in [0.15, 0.2) is 53.5 Å². The first kappa shape index (κ1) is 20.4. The van der Waals surface area contributed by atoms with Crippen molar-refractivity contribution in [1.29, 1.82) is 0 Å². The van der Waals surface area contributed by atoms with E-state index < -0.39 is 0 Å². The molecule has 0 atom stereocenters. The highest BCUT2D eigenvalue weighted by atomic mass is 16.5. The van der Waals surface area contributed by atoms with Crippen LogP contribution in [0.5, 0.6) is 17.2 Å². The van der Waals surface area contributed by atoms with Crippen LogP contribution >= 0.6 is 0 Å². The largest absolute Gasteiger partial charge is 0.494 e. The van der Waals surface area contributed by atoms with Gasteiger partial charge in [-0.2, -0.15) is 0 Å². The monoisotopic (exact) mass is 371 g/mol. The summed E-state index contributed by atoms with van der Waals surface area (Å²) in [6.07, 6.45) is 1.95. The number of nitrogens with one attached hydrogen (secondary N) is 2. The number of ether oxygens (including phenoxy) is 3. The maximum absolute atomic E-state index is 5.69. The van der Waals surface area contributed by atoms with Gasteiger partial charge in [0.1, 0.15) is 5.75 Å². The van der Waals surface area contributed by atoms with Gasteiger partial charge >= 0.3 is 0 Å². The van der Waals surface area contributed by atoms with Gasteiger partial charge in [-0.05, 0) is 44.0 Å². The van der Waals surface area contributed by atoms with Gasteiger partial charge in [0.15, 0.2) is 17.5 Å². The van der Waals surface area contributed by atoms with Crippen LogP contribution in [0.25, 0.3) is 0 Å². The number of benzene rings is 2. The van der Waals surface area contributed by atoms with Crippen LogP contribution in [-0.2, 0) is 0 Å². The zero-order valence-electron chi connectivity index (χ0n) is 16.3. The average molecular weight is 371 g/mol. The van der Waals surface area contributed by atoms with Crippen molar-refractivity contribution in [3.05, 3.63) is 48.5 Å². The lowest BCUT2D eigenvalue weighted by Gasteiger charge is -2.14. The van der Waals surface area contributed by atoms with Gasteiger partial charge in [0.05, 0.1) is 20.3 Å². The Morgan fingerprint density at radius 2 is 1.81 bits per heavy atom. The molecule has 0 radical (unpaired) electrons. The van der Waals surface area contributed by atoms with Gasteiger partial charge in [-0.1, -0.05) is 18.2 Å². The topological polar surface area (TPSA) is 64.1 Å². The van der Waals surface area contributed by atoms with Gasteiger partial charge in [0.2, 0.25) is 0 Å². The van der Waals surface area contributed by atoms with E-state index >= 15 is 0 Å². The van der Waals surface area contributed by atoms with Gasteiger partial charge < -0.3 is 24.8 Å². The van der Waals surface area contributed by atoms with Crippen LogP contribution in [0.2, 0.25) is 0 Å². The summed E-state index contributed by atoms with van der Waals surface area (Å²) in [6, 6.07) is 15.6. The van der Waals surface area contributed by atoms with Gasteiger partial charge in [0, 0.05) is 25.3 Å². The first-order valence-corrected chi connectivity index (χ1v) is 9.23. The first-order valence-electron chi connectivity index (χ1n) is 9.23. The number of para-hydroxylation sites is 1. The number of nitrogens with zero attached hydrogens (tertiary/aromatic N) is 1. The fourth-order valence-electron chi connectivity index (χ4n) is 2.48. The van der Waals surface area contributed by atoms with Crippen molar-refractivity contribution in [2.75, 3.05) is 39.2 Å². The van der Waals surface area contributed by atoms with E-state index in [1.54, 1.807) is 14.2 Å². The third kappa shape index (κ3) is 7.09. The molecule has 2 rings (SSSR count). The third-order valence-electron chi connectivity index (χ3n) is 3.83. The Bertz CT molecular complexity index is 705. The Hall–Kier alpha value is -2.89. The second-order valence-corrected chi connectivity index (χ2v) is 5.79. The second kappa shape index (κ2) is 11.7. The number of anilines is 1. The van der Waals surface area contributed by atoms with E-state index in [1.165, 1.54) is 0 Å². The Labute approximate surface area is 161 Å². The van der Waals surface area contributed by atoms with Crippen LogP contribution in [0, 0.1) is 0 Å². The van der Waals surface area contributed by atoms with Gasteiger partial charge in [-0.25, -0.2) is 0 Å². The zero-order chi connectivity index (χ0) is 19.3. The van der Waals surface area contributed by atoms with Crippen LogP contribution in [-0.4, -0.2) is 39.9 Å². The number of methoxy groups -OCH3 is 1. The van der Waals surface area contributed by atoms with Crippen LogP contribution < -0.4 is 24.8 Å². The summed E-state index contributed by atoms with van der Waals surface area (Å²) < 4.78 is 16.6. The van der Waals surface area contributed by atoms with E-state index in [-0.39, 0.29) is 0 Å². The zero-order valence-corrected chi connectivity index (χ0v) is 16.3. The molecule has 0 heterocycles. The number of guanidine groups is 1. The minimum atomic E-state index is 0.598. The summed E-state index contributed by atoms with van der Waals surface area (Å²) >= 11 is 0. The van der Waals surface area contributed by atoms with Gasteiger partial charge in [-0.15, -0.1) is 0 Å². The molecule has 0 fully saturated rings. The van der Waals surface area contributed by atoms with E-state index in [0.717, 1.165) is 36.6 Å². The second-order valence-electron chi connectivity index (χ2n) is 5.79. The molecule has 6 heteroatoms. The van der Waals surface area contributed by atoms with Gasteiger partial charge in [-0.3, -0.25) is 4.99 Å². The molecule has 2 N–H and O–H groups in total. The maximum atomic E-state index is 5.69. The number of rotatable bonds is 10. The Kier molecular flexibility index (Phi) is 8.83. The summed E-state index contributed by atoms with van der Waals surface area (Å²) in [6.45, 7) is 4.06. The van der Waals surface area contributed by atoms with E-state index in [2.05, 4.69) is 15.6 Å². The molecule has 146 valence electrons. The first-order chi connectivity index (χ1) is 13.3. The van der Waals surface area contributed by atoms with Crippen molar-refractivity contribution in [2.24, 2.45) is 4.99 Å². The molecule has 0 saturated carbocycles. The van der Waals surface area contributed by atoms with E-state index in [1.807, 2.05) is 55.5 Å². The molecule has 0 unspecified atom stereocenters. The van der Waals surface area contributed by atoms with Crippen molar-refractivity contribution in [2.45, 2.75) is 19.8 Å². The van der Waals surface area contributed by atoms with Crippen LogP contribution in [0.1, 0.15) is 19.8 Å². The van der Waals surface area contributed by atoms with E-state index in [9.17, 15) is 0 Å². The number of hydrogen-bond donors (Lipinski definition) is 2. The molecule has 0 amide bonds. The summed E-state index contributed by atoms with van der Waals surface area (Å²) in [5.41, 5.74) is 0.885. The van der Waals surface area contributed by atoms with Crippen molar-refractivity contribution in [3.63, 3.8) is 0 Å². The van der Waals surface area contributed by atoms with Gasteiger partial charge in [0.25, 0.3) is 0 Å². The number of aliphatic imine (C=N–C) groups is 1. The summed E-state index contributed by atoms with van der Waals surface area (Å²) in [5, 5.41) is 6.57. The van der Waals surface area contributed by atoms with E-state index in [0.29, 0.717) is 24.9 Å². The molecule has 0 aromatic heterocycles. The Morgan fingerprint density at radius 3 is 2.52 bits per heavy atom. The average Bonchev–Trinajstić information content (AvgIpc) is 2.71. The lowest BCUT2D eigenvalue weighted by atomic mass is 10.2. The maximum Gasteiger partial charge on any atom is 0.195 e. The molecule has 2 aromatic carbocycles. The summed E-state index contributed by atoms with van der Waals surface area (Å²) in [4.78, 5) is 4.25. The quantitative estimate of drug-likeness (QED) is 0.376. The minimum Gasteiger partial charge on any atom is -0.494 e. The summed E-state index contributed by atoms with van der Waals surface area (Å²) in [7, 11) is 3.38. The highest BCUT2D eigenvalue weighted by molar-refractivity contribution is 5.93. The molecule has 0 bridgehead atoms.